The number of methoxy groups -OCH3 is 1. The predicted molar refractivity (Wildman–Crippen MR) is 99.2 cm³/mol. The highest BCUT2D eigenvalue weighted by atomic mass is 32.2. The van der Waals surface area contributed by atoms with Gasteiger partial charge in [-0.05, 0) is 24.3 Å². The number of carbonyl (C=O) groups is 1. The van der Waals surface area contributed by atoms with Crippen LogP contribution in [0.15, 0.2) is 41.3 Å². The Morgan fingerprint density at radius 1 is 1.21 bits per heavy atom. The monoisotopic (exact) mass is 426 g/mol. The molecule has 1 heterocycles. The number of amides is 2. The second-order valence-corrected chi connectivity index (χ2v) is 7.21. The molecule has 154 valence electrons. The van der Waals surface area contributed by atoms with Crippen molar-refractivity contribution in [2.75, 3.05) is 25.6 Å². The maximum absolute atomic E-state index is 13.8. The number of hydrogen-bond donors (Lipinski definition) is 3. The van der Waals surface area contributed by atoms with E-state index in [0.717, 1.165) is 18.2 Å². The number of rotatable bonds is 7. The SMILES string of the molecule is COCCNC(=O)Nc1nc2ccc(OS(=O)(=O)c3c(F)cccc3F)cc2[nH]1. The minimum absolute atomic E-state index is 0.107. The quantitative estimate of drug-likeness (QED) is 0.394. The van der Waals surface area contributed by atoms with E-state index in [0.29, 0.717) is 24.2 Å². The number of aromatic amines is 1. The number of ether oxygens (including phenoxy) is 1. The third-order valence-corrected chi connectivity index (χ3v) is 4.95. The van der Waals surface area contributed by atoms with Gasteiger partial charge in [-0.1, -0.05) is 6.07 Å². The van der Waals surface area contributed by atoms with Crippen LogP contribution in [0.5, 0.6) is 5.75 Å². The lowest BCUT2D eigenvalue weighted by Crippen LogP contribution is -2.31. The van der Waals surface area contributed by atoms with E-state index in [1.165, 1.54) is 25.3 Å². The first-order chi connectivity index (χ1) is 13.8. The van der Waals surface area contributed by atoms with Crippen molar-refractivity contribution in [2.24, 2.45) is 0 Å². The first-order valence-corrected chi connectivity index (χ1v) is 9.63. The predicted octanol–water partition coefficient (Wildman–Crippen LogP) is 2.38. The number of halogens is 2. The molecule has 0 unspecified atom stereocenters. The number of nitrogens with zero attached hydrogens (tertiary/aromatic N) is 1. The Labute approximate surface area is 164 Å². The van der Waals surface area contributed by atoms with Crippen LogP contribution >= 0.6 is 0 Å². The molecule has 29 heavy (non-hydrogen) atoms. The average Bonchev–Trinajstić information content (AvgIpc) is 3.02. The van der Waals surface area contributed by atoms with Crippen LogP contribution in [0.1, 0.15) is 0 Å². The fraction of sp³-hybridized carbons (Fsp3) is 0.176. The standard InChI is InChI=1S/C17H16F2N4O5S/c1-27-8-7-20-17(24)23-16-21-13-6-5-10(9-14(13)22-16)28-29(25,26)15-11(18)3-2-4-12(15)19/h2-6,9H,7-8H2,1H3,(H3,20,21,22,23,24). The Morgan fingerprint density at radius 2 is 1.93 bits per heavy atom. The molecule has 0 spiro atoms. The van der Waals surface area contributed by atoms with E-state index in [9.17, 15) is 22.0 Å². The molecule has 2 amide bonds. The molecule has 0 aliphatic heterocycles. The average molecular weight is 426 g/mol. The van der Waals surface area contributed by atoms with Gasteiger partial charge in [-0.2, -0.15) is 8.42 Å². The Morgan fingerprint density at radius 3 is 2.62 bits per heavy atom. The van der Waals surface area contributed by atoms with Crippen LogP contribution < -0.4 is 14.8 Å². The highest BCUT2D eigenvalue weighted by Crippen LogP contribution is 2.26. The van der Waals surface area contributed by atoms with Gasteiger partial charge in [0, 0.05) is 19.7 Å². The number of urea groups is 1. The lowest BCUT2D eigenvalue weighted by Gasteiger charge is -2.08. The second kappa shape index (κ2) is 8.41. The molecule has 0 fully saturated rings. The van der Waals surface area contributed by atoms with Gasteiger partial charge in [0.15, 0.2) is 4.90 Å². The van der Waals surface area contributed by atoms with Gasteiger partial charge in [-0.15, -0.1) is 0 Å². The number of fused-ring (bicyclic) bond motifs is 1. The minimum atomic E-state index is -4.74. The van der Waals surface area contributed by atoms with Crippen molar-refractivity contribution in [3.63, 3.8) is 0 Å². The molecule has 0 aliphatic rings. The van der Waals surface area contributed by atoms with E-state index in [1.54, 1.807) is 0 Å². The van der Waals surface area contributed by atoms with Crippen LogP contribution in [0.3, 0.4) is 0 Å². The van der Waals surface area contributed by atoms with E-state index in [-0.39, 0.29) is 11.7 Å². The third kappa shape index (κ3) is 4.78. The number of benzene rings is 2. The van der Waals surface area contributed by atoms with Crippen molar-refractivity contribution < 1.29 is 30.9 Å². The molecule has 0 saturated heterocycles. The lowest BCUT2D eigenvalue weighted by molar-refractivity contribution is 0.198. The fourth-order valence-corrected chi connectivity index (χ4v) is 3.46. The van der Waals surface area contributed by atoms with Gasteiger partial charge in [-0.25, -0.2) is 18.6 Å². The molecular formula is C17H16F2N4O5S. The second-order valence-electron chi connectivity index (χ2n) is 5.73. The number of hydrogen-bond acceptors (Lipinski definition) is 6. The van der Waals surface area contributed by atoms with Crippen molar-refractivity contribution in [1.29, 1.82) is 0 Å². The van der Waals surface area contributed by atoms with E-state index in [2.05, 4.69) is 20.6 Å². The molecule has 3 N–H and O–H groups in total. The molecule has 12 heteroatoms. The summed E-state index contributed by atoms with van der Waals surface area (Å²) < 4.78 is 61.7. The molecule has 0 aliphatic carbocycles. The zero-order chi connectivity index (χ0) is 21.0. The first kappa shape index (κ1) is 20.5. The summed E-state index contributed by atoms with van der Waals surface area (Å²) >= 11 is 0. The normalized spacial score (nSPS) is 11.4. The molecule has 0 saturated carbocycles. The van der Waals surface area contributed by atoms with Crippen molar-refractivity contribution in [3.8, 4) is 5.75 Å². The first-order valence-electron chi connectivity index (χ1n) is 8.22. The number of aromatic nitrogens is 2. The molecule has 3 rings (SSSR count). The number of imidazole rings is 1. The van der Waals surface area contributed by atoms with Gasteiger partial charge in [-0.3, -0.25) is 5.32 Å². The van der Waals surface area contributed by atoms with Gasteiger partial charge in [0.2, 0.25) is 5.95 Å². The van der Waals surface area contributed by atoms with Crippen LogP contribution in [0.25, 0.3) is 11.0 Å². The van der Waals surface area contributed by atoms with E-state index in [1.807, 2.05) is 0 Å². The Bertz CT molecular complexity index is 1130. The molecule has 2 aromatic carbocycles. The zero-order valence-electron chi connectivity index (χ0n) is 15.0. The Hall–Kier alpha value is -3.25. The summed E-state index contributed by atoms with van der Waals surface area (Å²) in [5.41, 5.74) is 0.734. The summed E-state index contributed by atoms with van der Waals surface area (Å²) in [5.74, 6) is -2.62. The molecule has 0 bridgehead atoms. The number of anilines is 1. The highest BCUT2D eigenvalue weighted by molar-refractivity contribution is 7.87. The Balaban J connectivity index is 1.79. The number of nitrogens with one attached hydrogen (secondary N) is 3. The van der Waals surface area contributed by atoms with Gasteiger partial charge in [0.25, 0.3) is 0 Å². The van der Waals surface area contributed by atoms with Crippen LogP contribution in [-0.2, 0) is 14.9 Å². The van der Waals surface area contributed by atoms with Gasteiger partial charge in [0.05, 0.1) is 17.6 Å². The summed E-state index contributed by atoms with van der Waals surface area (Å²) in [4.78, 5) is 17.4. The number of H-pyrrole nitrogens is 1. The largest absolute Gasteiger partial charge is 0.383 e. The zero-order valence-corrected chi connectivity index (χ0v) is 15.8. The maximum atomic E-state index is 13.8. The smallest absolute Gasteiger partial charge is 0.345 e. The summed E-state index contributed by atoms with van der Waals surface area (Å²) in [7, 11) is -3.24. The molecule has 3 aromatic rings. The van der Waals surface area contributed by atoms with Gasteiger partial charge in [0.1, 0.15) is 17.4 Å². The van der Waals surface area contributed by atoms with Gasteiger partial charge < -0.3 is 19.2 Å². The van der Waals surface area contributed by atoms with Crippen molar-refractivity contribution in [3.05, 3.63) is 48.0 Å². The van der Waals surface area contributed by atoms with Gasteiger partial charge >= 0.3 is 16.1 Å². The molecule has 0 atom stereocenters. The summed E-state index contributed by atoms with van der Waals surface area (Å²) in [6.07, 6.45) is 0. The van der Waals surface area contributed by atoms with Crippen LogP contribution in [0.4, 0.5) is 19.5 Å². The topological polar surface area (TPSA) is 122 Å². The molecular weight excluding hydrogens is 410 g/mol. The van der Waals surface area contributed by atoms with E-state index >= 15 is 0 Å². The summed E-state index contributed by atoms with van der Waals surface area (Å²) in [6.45, 7) is 0.635. The molecule has 0 radical (unpaired) electrons. The molecule has 9 nitrogen and oxygen atoms in total. The summed E-state index contributed by atoms with van der Waals surface area (Å²) in [5, 5.41) is 5.01. The van der Waals surface area contributed by atoms with Crippen molar-refractivity contribution >= 4 is 33.1 Å². The van der Waals surface area contributed by atoms with Crippen molar-refractivity contribution in [1.82, 2.24) is 15.3 Å². The van der Waals surface area contributed by atoms with E-state index < -0.39 is 32.7 Å². The molecule has 1 aromatic heterocycles. The lowest BCUT2D eigenvalue weighted by atomic mass is 10.3. The van der Waals surface area contributed by atoms with Crippen molar-refractivity contribution in [2.45, 2.75) is 4.90 Å². The van der Waals surface area contributed by atoms with Crippen LogP contribution in [0, 0.1) is 11.6 Å². The van der Waals surface area contributed by atoms with E-state index in [4.69, 9.17) is 8.92 Å². The maximum Gasteiger partial charge on any atom is 0.345 e. The minimum Gasteiger partial charge on any atom is -0.383 e. The Kier molecular flexibility index (Phi) is 5.94. The van der Waals surface area contributed by atoms with Crippen LogP contribution in [0.2, 0.25) is 0 Å². The number of carbonyl (C=O) groups excluding carboxylic acids is 1. The summed E-state index contributed by atoms with van der Waals surface area (Å²) in [6, 6.07) is 6.10. The third-order valence-electron chi connectivity index (χ3n) is 3.65. The highest BCUT2D eigenvalue weighted by Gasteiger charge is 2.26. The fourth-order valence-electron chi connectivity index (χ4n) is 2.41. The van der Waals surface area contributed by atoms with Crippen LogP contribution in [-0.4, -0.2) is 44.7 Å².